The van der Waals surface area contributed by atoms with E-state index in [1.165, 1.54) is 5.56 Å². The first-order valence-corrected chi connectivity index (χ1v) is 4.39. The lowest BCUT2D eigenvalue weighted by Crippen LogP contribution is -2.11. The molecule has 0 spiro atoms. The van der Waals surface area contributed by atoms with Crippen molar-refractivity contribution in [1.82, 2.24) is 9.38 Å². The Bertz CT molecular complexity index is 479. The van der Waals surface area contributed by atoms with Crippen molar-refractivity contribution in [1.29, 1.82) is 0 Å². The molecule has 0 amide bonds. The van der Waals surface area contributed by atoms with Crippen LogP contribution in [-0.2, 0) is 0 Å². The lowest BCUT2D eigenvalue weighted by Gasteiger charge is -2.05. The van der Waals surface area contributed by atoms with Crippen LogP contribution in [0.2, 0.25) is 0 Å². The maximum atomic E-state index is 11.4. The molecule has 13 heavy (non-hydrogen) atoms. The summed E-state index contributed by atoms with van der Waals surface area (Å²) in [5.74, 6) is 0.425. The van der Waals surface area contributed by atoms with Gasteiger partial charge in [0.1, 0.15) is 5.65 Å². The minimum Gasteiger partial charge on any atom is -0.346 e. The summed E-state index contributed by atoms with van der Waals surface area (Å²) in [6, 6.07) is 3.50. The van der Waals surface area contributed by atoms with E-state index >= 15 is 0 Å². The van der Waals surface area contributed by atoms with Gasteiger partial charge in [-0.2, -0.15) is 0 Å². The fourth-order valence-electron chi connectivity index (χ4n) is 1.53. The standard InChI is InChI=1S/C10H12N2O/c1-7(2)8-3-4-9(13)12-6-5-11-10(8)12/h3-7,11H,1-2H3. The first kappa shape index (κ1) is 8.10. The Morgan fingerprint density at radius 2 is 2.15 bits per heavy atom. The molecule has 3 heteroatoms. The highest BCUT2D eigenvalue weighted by Crippen LogP contribution is 2.16. The minimum absolute atomic E-state index is 0.0145. The molecule has 0 atom stereocenters. The summed E-state index contributed by atoms with van der Waals surface area (Å²) in [5, 5.41) is 0. The average Bonchev–Trinajstić information content (AvgIpc) is 2.53. The Balaban J connectivity index is 2.86. The van der Waals surface area contributed by atoms with Crippen molar-refractivity contribution in [3.63, 3.8) is 0 Å². The molecule has 0 aliphatic rings. The summed E-state index contributed by atoms with van der Waals surface area (Å²) in [6.07, 6.45) is 3.53. The van der Waals surface area contributed by atoms with Gasteiger partial charge < -0.3 is 4.98 Å². The van der Waals surface area contributed by atoms with E-state index in [4.69, 9.17) is 0 Å². The highest BCUT2D eigenvalue weighted by molar-refractivity contribution is 5.49. The molecule has 2 aromatic heterocycles. The lowest BCUT2D eigenvalue weighted by molar-refractivity contribution is 0.859. The molecule has 0 aromatic carbocycles. The van der Waals surface area contributed by atoms with E-state index in [9.17, 15) is 4.79 Å². The zero-order chi connectivity index (χ0) is 9.42. The zero-order valence-corrected chi connectivity index (χ0v) is 7.74. The number of H-pyrrole nitrogens is 1. The van der Waals surface area contributed by atoms with Gasteiger partial charge in [0, 0.05) is 18.5 Å². The quantitative estimate of drug-likeness (QED) is 0.706. The highest BCUT2D eigenvalue weighted by Gasteiger charge is 2.06. The predicted octanol–water partition coefficient (Wildman–Crippen LogP) is 1.75. The van der Waals surface area contributed by atoms with Crippen LogP contribution in [0.15, 0.2) is 29.3 Å². The van der Waals surface area contributed by atoms with Gasteiger partial charge in [-0.1, -0.05) is 13.8 Å². The van der Waals surface area contributed by atoms with Gasteiger partial charge in [-0.25, -0.2) is 0 Å². The molecule has 0 saturated heterocycles. The second kappa shape index (κ2) is 2.76. The predicted molar refractivity (Wildman–Crippen MR) is 52.1 cm³/mol. The number of imidazole rings is 1. The first-order valence-electron chi connectivity index (χ1n) is 4.39. The molecule has 68 valence electrons. The van der Waals surface area contributed by atoms with Crippen LogP contribution in [0.4, 0.5) is 0 Å². The van der Waals surface area contributed by atoms with E-state index in [2.05, 4.69) is 18.8 Å². The van der Waals surface area contributed by atoms with Gasteiger partial charge in [0.15, 0.2) is 0 Å². The number of nitrogens with zero attached hydrogens (tertiary/aromatic N) is 1. The van der Waals surface area contributed by atoms with Crippen molar-refractivity contribution in [3.8, 4) is 0 Å². The van der Waals surface area contributed by atoms with E-state index in [1.807, 2.05) is 6.07 Å². The summed E-state index contributed by atoms with van der Waals surface area (Å²) in [6.45, 7) is 4.22. The maximum absolute atomic E-state index is 11.4. The smallest absolute Gasteiger partial charge is 0.256 e. The summed E-state index contributed by atoms with van der Waals surface area (Å²) >= 11 is 0. The highest BCUT2D eigenvalue weighted by atomic mass is 16.1. The second-order valence-corrected chi connectivity index (χ2v) is 3.46. The Morgan fingerprint density at radius 3 is 2.85 bits per heavy atom. The van der Waals surface area contributed by atoms with Crippen LogP contribution in [0.5, 0.6) is 0 Å². The number of nitrogens with one attached hydrogen (secondary N) is 1. The molecule has 2 heterocycles. The van der Waals surface area contributed by atoms with Crippen LogP contribution in [0.25, 0.3) is 5.65 Å². The summed E-state index contributed by atoms with van der Waals surface area (Å²) in [7, 11) is 0. The Kier molecular flexibility index (Phi) is 1.72. The first-order chi connectivity index (χ1) is 6.20. The third kappa shape index (κ3) is 1.16. The number of rotatable bonds is 1. The summed E-state index contributed by atoms with van der Waals surface area (Å²) in [5.41, 5.74) is 2.09. The van der Waals surface area contributed by atoms with Gasteiger partial charge in [-0.3, -0.25) is 9.20 Å². The van der Waals surface area contributed by atoms with E-state index in [1.54, 1.807) is 22.9 Å². The molecule has 0 bridgehead atoms. The van der Waals surface area contributed by atoms with E-state index in [-0.39, 0.29) is 5.56 Å². The van der Waals surface area contributed by atoms with Gasteiger partial charge >= 0.3 is 0 Å². The Hall–Kier alpha value is -1.51. The minimum atomic E-state index is 0.0145. The third-order valence-electron chi connectivity index (χ3n) is 2.22. The average molecular weight is 176 g/mol. The van der Waals surface area contributed by atoms with Crippen LogP contribution < -0.4 is 5.56 Å². The summed E-state index contributed by atoms with van der Waals surface area (Å²) < 4.78 is 1.63. The lowest BCUT2D eigenvalue weighted by atomic mass is 10.1. The molecular formula is C10H12N2O. The number of fused-ring (bicyclic) bond motifs is 1. The molecule has 3 nitrogen and oxygen atoms in total. The van der Waals surface area contributed by atoms with Crippen LogP contribution >= 0.6 is 0 Å². The molecule has 0 fully saturated rings. The fourth-order valence-corrected chi connectivity index (χ4v) is 1.53. The molecule has 0 unspecified atom stereocenters. The van der Waals surface area contributed by atoms with Crippen molar-refractivity contribution in [3.05, 3.63) is 40.4 Å². The SMILES string of the molecule is CC(C)c1ccc(=O)n2cc[nH]c12. The van der Waals surface area contributed by atoms with Crippen molar-refractivity contribution in [2.24, 2.45) is 0 Å². The zero-order valence-electron chi connectivity index (χ0n) is 7.74. The molecule has 2 rings (SSSR count). The number of aromatic amines is 1. The normalized spacial score (nSPS) is 11.3. The van der Waals surface area contributed by atoms with Crippen molar-refractivity contribution < 1.29 is 0 Å². The van der Waals surface area contributed by atoms with Gasteiger partial charge in [0.25, 0.3) is 5.56 Å². The monoisotopic (exact) mass is 176 g/mol. The van der Waals surface area contributed by atoms with Crippen molar-refractivity contribution in [2.45, 2.75) is 19.8 Å². The van der Waals surface area contributed by atoms with Gasteiger partial charge in [-0.05, 0) is 17.5 Å². The van der Waals surface area contributed by atoms with Gasteiger partial charge in [0.2, 0.25) is 0 Å². The largest absolute Gasteiger partial charge is 0.346 e. The molecular weight excluding hydrogens is 164 g/mol. The van der Waals surface area contributed by atoms with E-state index < -0.39 is 0 Å². The van der Waals surface area contributed by atoms with Crippen LogP contribution in [0, 0.1) is 0 Å². The number of pyridine rings is 1. The number of aromatic nitrogens is 2. The molecule has 1 N–H and O–H groups in total. The van der Waals surface area contributed by atoms with Crippen LogP contribution in [0.1, 0.15) is 25.3 Å². The van der Waals surface area contributed by atoms with Gasteiger partial charge in [-0.15, -0.1) is 0 Å². The van der Waals surface area contributed by atoms with E-state index in [0.717, 1.165) is 5.65 Å². The second-order valence-electron chi connectivity index (χ2n) is 3.46. The number of hydrogen-bond acceptors (Lipinski definition) is 1. The fraction of sp³-hybridized carbons (Fsp3) is 0.300. The molecule has 0 saturated carbocycles. The number of hydrogen-bond donors (Lipinski definition) is 1. The Labute approximate surface area is 76.0 Å². The molecule has 0 radical (unpaired) electrons. The molecule has 0 aliphatic carbocycles. The third-order valence-corrected chi connectivity index (χ3v) is 2.22. The van der Waals surface area contributed by atoms with Crippen molar-refractivity contribution in [2.75, 3.05) is 0 Å². The summed E-state index contributed by atoms with van der Waals surface area (Å²) in [4.78, 5) is 14.4. The maximum Gasteiger partial charge on any atom is 0.256 e. The van der Waals surface area contributed by atoms with Crippen molar-refractivity contribution >= 4 is 5.65 Å². The van der Waals surface area contributed by atoms with Crippen LogP contribution in [-0.4, -0.2) is 9.38 Å². The van der Waals surface area contributed by atoms with E-state index in [0.29, 0.717) is 5.92 Å². The van der Waals surface area contributed by atoms with Crippen LogP contribution in [0.3, 0.4) is 0 Å². The molecule has 0 aliphatic heterocycles. The molecule has 2 aromatic rings. The van der Waals surface area contributed by atoms with Gasteiger partial charge in [0.05, 0.1) is 0 Å². The topological polar surface area (TPSA) is 37.3 Å². The Morgan fingerprint density at radius 1 is 1.38 bits per heavy atom.